The molecule has 2 unspecified atom stereocenters. The molecular formula is C46H65N3O9S2. The van der Waals surface area contributed by atoms with Gasteiger partial charge in [0.05, 0.1) is 12.6 Å². The predicted octanol–water partition coefficient (Wildman–Crippen LogP) is 7.52. The second-order valence-electron chi connectivity index (χ2n) is 19.4. The summed E-state index contributed by atoms with van der Waals surface area (Å²) in [5, 5.41) is 1.70. The van der Waals surface area contributed by atoms with Crippen LogP contribution in [0.1, 0.15) is 117 Å². The summed E-state index contributed by atoms with van der Waals surface area (Å²) in [5.74, 6) is -3.82. The number of hydrogen-bond acceptors (Lipinski definition) is 10. The van der Waals surface area contributed by atoms with E-state index in [1.807, 2.05) is 72.7 Å². The second-order valence-corrected chi connectivity index (χ2v) is 22.6. The number of amides is 2. The first-order chi connectivity index (χ1) is 28.1. The van der Waals surface area contributed by atoms with Crippen molar-refractivity contribution in [3.63, 3.8) is 0 Å². The number of likely N-dealkylation sites (tertiary alicyclic amines) is 1. The number of carbonyl (C=O) groups is 6. The van der Waals surface area contributed by atoms with E-state index in [2.05, 4.69) is 0 Å². The van der Waals surface area contributed by atoms with Gasteiger partial charge in [-0.2, -0.15) is 4.31 Å². The van der Waals surface area contributed by atoms with Crippen molar-refractivity contribution in [3.05, 3.63) is 52.9 Å². The fraction of sp³-hybridized carbons (Fsp3) is 0.652. The Morgan fingerprint density at radius 1 is 0.917 bits per heavy atom. The zero-order valence-electron chi connectivity index (χ0n) is 36.7. The van der Waals surface area contributed by atoms with Crippen LogP contribution in [-0.2, 0) is 51.7 Å². The summed E-state index contributed by atoms with van der Waals surface area (Å²) in [6.45, 7) is 14.3. The average molecular weight is 868 g/mol. The number of thiophene rings is 1. The van der Waals surface area contributed by atoms with Crippen molar-refractivity contribution < 1.29 is 41.9 Å². The Balaban J connectivity index is 1.36. The van der Waals surface area contributed by atoms with Crippen LogP contribution in [0.25, 0.3) is 0 Å². The van der Waals surface area contributed by atoms with E-state index in [4.69, 9.17) is 4.74 Å². The number of nitrogens with zero attached hydrogens (tertiary/aromatic N) is 3. The molecule has 3 aliphatic rings. The van der Waals surface area contributed by atoms with Gasteiger partial charge in [-0.05, 0) is 70.9 Å². The largest absolute Gasteiger partial charge is 0.444 e. The van der Waals surface area contributed by atoms with E-state index in [0.29, 0.717) is 32.4 Å². The van der Waals surface area contributed by atoms with E-state index in [9.17, 15) is 37.2 Å². The summed E-state index contributed by atoms with van der Waals surface area (Å²) >= 11 is 1.13. The van der Waals surface area contributed by atoms with Gasteiger partial charge < -0.3 is 14.5 Å². The summed E-state index contributed by atoms with van der Waals surface area (Å²) in [7, 11) is -2.25. The van der Waals surface area contributed by atoms with Gasteiger partial charge in [0.2, 0.25) is 11.7 Å². The summed E-state index contributed by atoms with van der Waals surface area (Å²) in [5.41, 5.74) is 1.01. The maximum absolute atomic E-state index is 14.9. The van der Waals surface area contributed by atoms with Crippen LogP contribution in [0.5, 0.6) is 0 Å². The zero-order valence-corrected chi connectivity index (χ0v) is 38.4. The Labute approximate surface area is 360 Å². The molecule has 2 fully saturated rings. The molecule has 5 rings (SSSR count). The first-order valence-electron chi connectivity index (χ1n) is 21.5. The van der Waals surface area contributed by atoms with Crippen molar-refractivity contribution in [2.75, 3.05) is 26.7 Å². The standard InChI is InChI=1S/C46H65N3O9S2/c1-9-13-32(42(53)40(52)22-30-17-18-30)23-39(51)38-26-36(58-44(55)48-20-19-31-14-10-11-15-33(31)27-48)29-49(38)43(54)37(46(5,6)7)25-35(50)24-34(45(2,3)4)28-47(8)60(56,57)41-16-12-21-59-41/h10-12,14-16,21,30,32,34,36-38H,9,13,17-20,22-29H2,1-8H3/t32?,34-,36?,37-,38+/m1/s1. The van der Waals surface area contributed by atoms with Crippen LogP contribution in [0.4, 0.5) is 4.79 Å². The van der Waals surface area contributed by atoms with Gasteiger partial charge in [0, 0.05) is 70.6 Å². The molecule has 0 spiro atoms. The molecule has 1 saturated carbocycles. The van der Waals surface area contributed by atoms with Crippen LogP contribution in [0.3, 0.4) is 0 Å². The molecule has 2 aliphatic heterocycles. The number of ketones is 4. The third-order valence-electron chi connectivity index (χ3n) is 12.6. The minimum atomic E-state index is -3.76. The molecule has 0 radical (unpaired) electrons. The van der Waals surface area contributed by atoms with Gasteiger partial charge in [0.15, 0.2) is 11.6 Å². The van der Waals surface area contributed by atoms with Gasteiger partial charge in [0.1, 0.15) is 16.1 Å². The van der Waals surface area contributed by atoms with Crippen molar-refractivity contribution in [1.29, 1.82) is 0 Å². The highest BCUT2D eigenvalue weighted by Crippen LogP contribution is 2.38. The highest BCUT2D eigenvalue weighted by Gasteiger charge is 2.47. The molecule has 3 heterocycles. The molecule has 14 heteroatoms. The number of ether oxygens (including phenoxy) is 1. The molecule has 12 nitrogen and oxygen atoms in total. The Kier molecular flexibility index (Phi) is 15.4. The smallest absolute Gasteiger partial charge is 0.410 e. The molecule has 0 bridgehead atoms. The number of Topliss-reactive ketones (excluding diaryl/α,β-unsaturated/α-hetero) is 4. The quantitative estimate of drug-likeness (QED) is 0.130. The lowest BCUT2D eigenvalue weighted by molar-refractivity contribution is -0.147. The molecule has 2 aromatic rings. The first kappa shape index (κ1) is 47.3. The summed E-state index contributed by atoms with van der Waals surface area (Å²) in [6.07, 6.45) is 2.01. The van der Waals surface area contributed by atoms with Gasteiger partial charge >= 0.3 is 6.09 Å². The Morgan fingerprint density at radius 2 is 1.60 bits per heavy atom. The zero-order chi connectivity index (χ0) is 44.2. The lowest BCUT2D eigenvalue weighted by atomic mass is 9.73. The normalized spacial score (nSPS) is 20.0. The number of hydrogen-bond donors (Lipinski definition) is 0. The van der Waals surface area contributed by atoms with Gasteiger partial charge in [-0.1, -0.05) is 85.2 Å². The van der Waals surface area contributed by atoms with Gasteiger partial charge in [0.25, 0.3) is 10.0 Å². The van der Waals surface area contributed by atoms with E-state index in [1.54, 1.807) is 22.4 Å². The molecule has 60 heavy (non-hydrogen) atoms. The summed E-state index contributed by atoms with van der Waals surface area (Å²) < 4.78 is 34.2. The third-order valence-corrected chi connectivity index (χ3v) is 15.8. The lowest BCUT2D eigenvalue weighted by Crippen LogP contribution is -2.48. The minimum absolute atomic E-state index is 0.0327. The van der Waals surface area contributed by atoms with Crippen molar-refractivity contribution in [2.24, 2.45) is 34.5 Å². The van der Waals surface area contributed by atoms with Crippen LogP contribution < -0.4 is 0 Å². The fourth-order valence-corrected chi connectivity index (χ4v) is 10.8. The van der Waals surface area contributed by atoms with Gasteiger partial charge in [-0.3, -0.25) is 24.0 Å². The predicted molar refractivity (Wildman–Crippen MR) is 231 cm³/mol. The molecule has 1 saturated heterocycles. The van der Waals surface area contributed by atoms with E-state index < -0.39 is 68.4 Å². The molecule has 1 aliphatic carbocycles. The maximum atomic E-state index is 14.9. The highest BCUT2D eigenvalue weighted by atomic mass is 32.2. The monoisotopic (exact) mass is 867 g/mol. The maximum Gasteiger partial charge on any atom is 0.410 e. The lowest BCUT2D eigenvalue weighted by Gasteiger charge is -2.36. The van der Waals surface area contributed by atoms with Gasteiger partial charge in [-0.15, -0.1) is 11.3 Å². The number of sulfonamides is 1. The van der Waals surface area contributed by atoms with E-state index in [-0.39, 0.29) is 72.8 Å². The number of benzene rings is 1. The Morgan fingerprint density at radius 3 is 2.20 bits per heavy atom. The minimum Gasteiger partial charge on any atom is -0.444 e. The Hall–Kier alpha value is -3.75. The topological polar surface area (TPSA) is 156 Å². The SMILES string of the molecule is CCCC(CC(=O)[C@@H]1CC(OC(=O)N2CCc3ccccc3C2)CN1C(=O)[C@@H](CC(=O)C[C@H](CN(C)S(=O)(=O)c1cccs1)C(C)(C)C)C(C)(C)C)C(=O)C(=O)CC1CC1. The van der Waals surface area contributed by atoms with Crippen LogP contribution in [0.2, 0.25) is 0 Å². The third kappa shape index (κ3) is 12.0. The molecule has 1 aromatic heterocycles. The van der Waals surface area contributed by atoms with Crippen LogP contribution in [-0.4, -0.2) is 96.5 Å². The Bertz CT molecular complexity index is 2000. The van der Waals surface area contributed by atoms with Crippen molar-refractivity contribution in [3.8, 4) is 0 Å². The van der Waals surface area contributed by atoms with Gasteiger partial charge in [-0.25, -0.2) is 13.2 Å². The van der Waals surface area contributed by atoms with E-state index >= 15 is 0 Å². The molecule has 5 atom stereocenters. The van der Waals surface area contributed by atoms with Crippen molar-refractivity contribution in [2.45, 2.75) is 136 Å². The van der Waals surface area contributed by atoms with E-state index in [0.717, 1.165) is 29.7 Å². The van der Waals surface area contributed by atoms with E-state index in [1.165, 1.54) is 21.8 Å². The van der Waals surface area contributed by atoms with Crippen molar-refractivity contribution in [1.82, 2.24) is 14.1 Å². The van der Waals surface area contributed by atoms with Crippen molar-refractivity contribution >= 4 is 56.5 Å². The highest BCUT2D eigenvalue weighted by molar-refractivity contribution is 7.91. The summed E-state index contributed by atoms with van der Waals surface area (Å²) in [4.78, 5) is 86.4. The average Bonchev–Trinajstić information content (AvgIpc) is 3.61. The number of rotatable bonds is 19. The fourth-order valence-electron chi connectivity index (χ4n) is 8.43. The summed E-state index contributed by atoms with van der Waals surface area (Å²) in [6, 6.07) is 10.1. The van der Waals surface area contributed by atoms with Crippen LogP contribution in [0, 0.1) is 34.5 Å². The second kappa shape index (κ2) is 19.5. The molecule has 0 N–H and O–H groups in total. The first-order valence-corrected chi connectivity index (χ1v) is 23.9. The number of fused-ring (bicyclic) bond motifs is 1. The molecular weight excluding hydrogens is 803 g/mol. The van der Waals surface area contributed by atoms with Crippen LogP contribution in [0.15, 0.2) is 46.0 Å². The molecule has 2 amide bonds. The molecule has 1 aromatic carbocycles. The van der Waals surface area contributed by atoms with Crippen LogP contribution >= 0.6 is 11.3 Å². The molecule has 330 valence electrons. The number of carbonyl (C=O) groups excluding carboxylic acids is 6.